The van der Waals surface area contributed by atoms with E-state index in [4.69, 9.17) is 0 Å². The number of benzene rings is 2. The van der Waals surface area contributed by atoms with Crippen molar-refractivity contribution in [2.75, 3.05) is 0 Å². The van der Waals surface area contributed by atoms with E-state index in [1.807, 2.05) is 24.4 Å². The topological polar surface area (TPSA) is 12.9 Å². The first kappa shape index (κ1) is 11.4. The number of aromatic nitrogens is 1. The predicted octanol–water partition coefficient (Wildman–Crippen LogP) is 4.97. The third-order valence-electron chi connectivity index (χ3n) is 3.17. The Bertz CT molecular complexity index is 702. The molecule has 0 radical (unpaired) electrons. The van der Waals surface area contributed by atoms with Gasteiger partial charge in [0.05, 0.1) is 5.69 Å². The highest BCUT2D eigenvalue weighted by molar-refractivity contribution is 9.10. The zero-order chi connectivity index (χ0) is 12.5. The highest BCUT2D eigenvalue weighted by Crippen LogP contribution is 2.28. The Morgan fingerprint density at radius 1 is 0.944 bits per heavy atom. The van der Waals surface area contributed by atoms with Gasteiger partial charge in [-0.3, -0.25) is 4.98 Å². The fourth-order valence-corrected chi connectivity index (χ4v) is 2.47. The van der Waals surface area contributed by atoms with E-state index >= 15 is 0 Å². The van der Waals surface area contributed by atoms with Crippen molar-refractivity contribution in [2.45, 2.75) is 6.92 Å². The van der Waals surface area contributed by atoms with Gasteiger partial charge in [0.15, 0.2) is 0 Å². The molecule has 2 heteroatoms. The zero-order valence-electron chi connectivity index (χ0n) is 10.0. The van der Waals surface area contributed by atoms with Gasteiger partial charge >= 0.3 is 0 Å². The van der Waals surface area contributed by atoms with Gasteiger partial charge in [-0.15, -0.1) is 0 Å². The van der Waals surface area contributed by atoms with Crippen molar-refractivity contribution in [1.29, 1.82) is 0 Å². The van der Waals surface area contributed by atoms with Crippen molar-refractivity contribution in [3.8, 4) is 11.3 Å². The molecule has 0 saturated heterocycles. The summed E-state index contributed by atoms with van der Waals surface area (Å²) in [4.78, 5) is 4.59. The van der Waals surface area contributed by atoms with Gasteiger partial charge in [0.1, 0.15) is 0 Å². The molecule has 2 aromatic carbocycles. The van der Waals surface area contributed by atoms with Crippen LogP contribution in [0, 0.1) is 6.92 Å². The summed E-state index contributed by atoms with van der Waals surface area (Å²) in [5.41, 5.74) is 3.44. The molecule has 1 aromatic heterocycles. The van der Waals surface area contributed by atoms with E-state index in [9.17, 15) is 0 Å². The summed E-state index contributed by atoms with van der Waals surface area (Å²) < 4.78 is 1.09. The minimum atomic E-state index is 1.06. The van der Waals surface area contributed by atoms with Crippen LogP contribution in [0.15, 0.2) is 59.2 Å². The molecule has 0 N–H and O–H groups in total. The lowest BCUT2D eigenvalue weighted by Crippen LogP contribution is -1.89. The van der Waals surface area contributed by atoms with E-state index in [0.717, 1.165) is 15.7 Å². The first-order valence-electron chi connectivity index (χ1n) is 5.86. The quantitative estimate of drug-likeness (QED) is 0.618. The maximum atomic E-state index is 4.59. The molecule has 0 spiro atoms. The smallest absolute Gasteiger partial charge is 0.0737 e. The van der Waals surface area contributed by atoms with Gasteiger partial charge < -0.3 is 0 Å². The molecule has 0 aliphatic carbocycles. The molecule has 0 unspecified atom stereocenters. The minimum Gasteiger partial charge on any atom is -0.255 e. The number of rotatable bonds is 1. The Morgan fingerprint density at radius 2 is 1.67 bits per heavy atom. The van der Waals surface area contributed by atoms with Crippen molar-refractivity contribution in [3.63, 3.8) is 0 Å². The van der Waals surface area contributed by atoms with Crippen LogP contribution in [-0.2, 0) is 0 Å². The normalized spacial score (nSPS) is 10.8. The second-order valence-corrected chi connectivity index (χ2v) is 5.24. The number of fused-ring (bicyclic) bond motifs is 1. The van der Waals surface area contributed by atoms with Crippen molar-refractivity contribution >= 4 is 26.7 Å². The predicted molar refractivity (Wildman–Crippen MR) is 79.6 cm³/mol. The van der Waals surface area contributed by atoms with E-state index in [0.29, 0.717) is 0 Å². The molecule has 0 aliphatic rings. The summed E-state index contributed by atoms with van der Waals surface area (Å²) in [5, 5.41) is 2.46. The fraction of sp³-hybridized carbons (Fsp3) is 0.0625. The lowest BCUT2D eigenvalue weighted by atomic mass is 10.0. The Kier molecular flexibility index (Phi) is 2.88. The van der Waals surface area contributed by atoms with Gasteiger partial charge in [-0.1, -0.05) is 52.3 Å². The number of halogens is 1. The Balaban J connectivity index is 2.24. The van der Waals surface area contributed by atoms with Gasteiger partial charge in [0.25, 0.3) is 0 Å². The van der Waals surface area contributed by atoms with Crippen molar-refractivity contribution < 1.29 is 0 Å². The summed E-state index contributed by atoms with van der Waals surface area (Å²) >= 11 is 3.46. The Hall–Kier alpha value is -1.67. The molecule has 0 fully saturated rings. The molecule has 3 rings (SSSR count). The lowest BCUT2D eigenvalue weighted by molar-refractivity contribution is 1.30. The van der Waals surface area contributed by atoms with Gasteiger partial charge in [-0.05, 0) is 30.0 Å². The number of nitrogens with zero attached hydrogens (tertiary/aromatic N) is 1. The Morgan fingerprint density at radius 3 is 2.44 bits per heavy atom. The second kappa shape index (κ2) is 4.54. The van der Waals surface area contributed by atoms with E-state index in [1.165, 1.54) is 16.3 Å². The molecule has 0 saturated carbocycles. The van der Waals surface area contributed by atoms with Crippen LogP contribution in [0.3, 0.4) is 0 Å². The minimum absolute atomic E-state index is 1.06. The van der Waals surface area contributed by atoms with Gasteiger partial charge in [-0.25, -0.2) is 0 Å². The van der Waals surface area contributed by atoms with Crippen LogP contribution in [0.25, 0.3) is 22.0 Å². The van der Waals surface area contributed by atoms with Crippen molar-refractivity contribution in [3.05, 3.63) is 64.8 Å². The molecule has 0 amide bonds. The summed E-state index contributed by atoms with van der Waals surface area (Å²) in [7, 11) is 0. The molecule has 3 aromatic rings. The molecule has 0 bridgehead atoms. The maximum absolute atomic E-state index is 4.59. The third-order valence-corrected chi connectivity index (χ3v) is 3.70. The Labute approximate surface area is 115 Å². The molecule has 1 heterocycles. The molecule has 18 heavy (non-hydrogen) atoms. The van der Waals surface area contributed by atoms with E-state index in [-0.39, 0.29) is 0 Å². The van der Waals surface area contributed by atoms with Crippen molar-refractivity contribution in [1.82, 2.24) is 4.98 Å². The second-order valence-electron chi connectivity index (χ2n) is 4.33. The lowest BCUT2D eigenvalue weighted by Gasteiger charge is -2.08. The van der Waals surface area contributed by atoms with Gasteiger partial charge in [0.2, 0.25) is 0 Å². The van der Waals surface area contributed by atoms with Crippen LogP contribution in [0.5, 0.6) is 0 Å². The van der Waals surface area contributed by atoms with Crippen LogP contribution >= 0.6 is 15.9 Å². The first-order chi connectivity index (χ1) is 8.75. The third kappa shape index (κ3) is 1.93. The summed E-state index contributed by atoms with van der Waals surface area (Å²) in [6.07, 6.45) is 1.94. The van der Waals surface area contributed by atoms with E-state index in [2.05, 4.69) is 58.2 Å². The van der Waals surface area contributed by atoms with Crippen LogP contribution in [-0.4, -0.2) is 4.98 Å². The van der Waals surface area contributed by atoms with Crippen LogP contribution < -0.4 is 0 Å². The van der Waals surface area contributed by atoms with E-state index < -0.39 is 0 Å². The average Bonchev–Trinajstić information content (AvgIpc) is 2.41. The van der Waals surface area contributed by atoms with Gasteiger partial charge in [-0.2, -0.15) is 0 Å². The van der Waals surface area contributed by atoms with Crippen LogP contribution in [0.1, 0.15) is 5.56 Å². The summed E-state index contributed by atoms with van der Waals surface area (Å²) in [6.45, 7) is 2.13. The number of aryl methyl sites for hydroxylation is 1. The SMILES string of the molecule is Cc1c(-c2ccc(Br)cc2)ncc2ccccc12. The molecule has 0 aliphatic heterocycles. The highest BCUT2D eigenvalue weighted by atomic mass is 79.9. The monoisotopic (exact) mass is 297 g/mol. The molecule has 88 valence electrons. The van der Waals surface area contributed by atoms with E-state index in [1.54, 1.807) is 0 Å². The summed E-state index contributed by atoms with van der Waals surface area (Å²) in [6, 6.07) is 16.6. The van der Waals surface area contributed by atoms with Gasteiger partial charge in [0, 0.05) is 21.6 Å². The molecular formula is C16H12BrN. The number of pyridine rings is 1. The molecular weight excluding hydrogens is 286 g/mol. The van der Waals surface area contributed by atoms with Crippen LogP contribution in [0.2, 0.25) is 0 Å². The number of hydrogen-bond acceptors (Lipinski definition) is 1. The van der Waals surface area contributed by atoms with Crippen LogP contribution in [0.4, 0.5) is 0 Å². The molecule has 0 atom stereocenters. The summed E-state index contributed by atoms with van der Waals surface area (Å²) in [5.74, 6) is 0. The van der Waals surface area contributed by atoms with Crippen molar-refractivity contribution in [2.24, 2.45) is 0 Å². The molecule has 1 nitrogen and oxygen atoms in total. The standard InChI is InChI=1S/C16H12BrN/c1-11-15-5-3-2-4-13(15)10-18-16(11)12-6-8-14(17)9-7-12/h2-10H,1H3. The highest BCUT2D eigenvalue weighted by Gasteiger charge is 2.06. The number of hydrogen-bond donors (Lipinski definition) is 0. The first-order valence-corrected chi connectivity index (χ1v) is 6.65. The average molecular weight is 298 g/mol. The zero-order valence-corrected chi connectivity index (χ0v) is 11.6. The maximum Gasteiger partial charge on any atom is 0.0737 e. The fourth-order valence-electron chi connectivity index (χ4n) is 2.21. The largest absolute Gasteiger partial charge is 0.255 e.